The molecule has 0 radical (unpaired) electrons. The minimum absolute atomic E-state index is 0.00377. The maximum absolute atomic E-state index is 12.0. The fourth-order valence-electron chi connectivity index (χ4n) is 2.35. The number of nitrogens with zero attached hydrogens (tertiary/aromatic N) is 2. The van der Waals surface area contributed by atoms with Crippen LogP contribution in [-0.4, -0.2) is 39.9 Å². The van der Waals surface area contributed by atoms with E-state index in [0.29, 0.717) is 23.2 Å². The summed E-state index contributed by atoms with van der Waals surface area (Å²) in [4.78, 5) is 30.3. The highest BCUT2D eigenvalue weighted by molar-refractivity contribution is 8.00. The molecule has 1 aromatic heterocycles. The molecule has 0 aliphatic carbocycles. The predicted molar refractivity (Wildman–Crippen MR) is 98.8 cm³/mol. The Hall–Kier alpha value is -1.57. The lowest BCUT2D eigenvalue weighted by Gasteiger charge is -2.12. The lowest BCUT2D eigenvalue weighted by Crippen LogP contribution is -2.34. The Labute approximate surface area is 153 Å². The number of amides is 2. The third-order valence-electron chi connectivity index (χ3n) is 3.60. The fourth-order valence-corrected chi connectivity index (χ4v) is 4.30. The largest absolute Gasteiger partial charge is 0.323 e. The van der Waals surface area contributed by atoms with Crippen LogP contribution in [0.5, 0.6) is 0 Å². The smallest absolute Gasteiger partial charge is 0.245 e. The molecule has 0 saturated carbocycles. The summed E-state index contributed by atoms with van der Waals surface area (Å²) < 4.78 is 0. The molecule has 126 valence electrons. The summed E-state index contributed by atoms with van der Waals surface area (Å²) in [6.45, 7) is 2.05. The molecule has 2 heterocycles. The Morgan fingerprint density at radius 1 is 1.46 bits per heavy atom. The zero-order chi connectivity index (χ0) is 17.1. The number of thiazole rings is 1. The summed E-state index contributed by atoms with van der Waals surface area (Å²) in [7, 11) is 0. The highest BCUT2D eigenvalue weighted by atomic mass is 35.5. The van der Waals surface area contributed by atoms with E-state index in [2.05, 4.69) is 10.3 Å². The van der Waals surface area contributed by atoms with Crippen LogP contribution in [0.2, 0.25) is 5.02 Å². The lowest BCUT2D eigenvalue weighted by molar-refractivity contribution is -0.130. The van der Waals surface area contributed by atoms with Gasteiger partial charge in [0.25, 0.3) is 0 Å². The van der Waals surface area contributed by atoms with E-state index in [-0.39, 0.29) is 18.4 Å². The average molecular weight is 382 g/mol. The van der Waals surface area contributed by atoms with Gasteiger partial charge in [0.15, 0.2) is 5.13 Å². The molecule has 1 saturated heterocycles. The molecule has 2 aromatic rings. The molecule has 1 aliphatic rings. The van der Waals surface area contributed by atoms with Crippen molar-refractivity contribution in [2.75, 3.05) is 23.5 Å². The Morgan fingerprint density at radius 2 is 2.29 bits per heavy atom. The molecule has 5 nitrogen and oxygen atoms in total. The standard InChI is InChI=1S/C16H16ClN3O2S2/c1-10-3-2-4-11(15(10)17)5-12-6-18-16(24-12)19-13(21)7-20-9-23-8-14(20)22/h2-4,6H,5,7-9H2,1H3,(H,18,19,21). The van der Waals surface area contributed by atoms with E-state index in [9.17, 15) is 9.59 Å². The van der Waals surface area contributed by atoms with Crippen molar-refractivity contribution in [2.24, 2.45) is 0 Å². The summed E-state index contributed by atoms with van der Waals surface area (Å²) in [5.74, 6) is 0.803. The molecule has 24 heavy (non-hydrogen) atoms. The van der Waals surface area contributed by atoms with Gasteiger partial charge in [0.2, 0.25) is 11.8 Å². The number of halogens is 1. The fraction of sp³-hybridized carbons (Fsp3) is 0.312. The summed E-state index contributed by atoms with van der Waals surface area (Å²) in [6, 6.07) is 5.94. The van der Waals surface area contributed by atoms with Crippen LogP contribution in [0.15, 0.2) is 24.4 Å². The highest BCUT2D eigenvalue weighted by Gasteiger charge is 2.23. The molecule has 8 heteroatoms. The summed E-state index contributed by atoms with van der Waals surface area (Å²) in [6.07, 6.45) is 2.42. The number of carbonyl (C=O) groups is 2. The van der Waals surface area contributed by atoms with Crippen molar-refractivity contribution in [3.63, 3.8) is 0 Å². The van der Waals surface area contributed by atoms with Crippen molar-refractivity contribution in [1.82, 2.24) is 9.88 Å². The number of aryl methyl sites for hydroxylation is 1. The van der Waals surface area contributed by atoms with E-state index in [0.717, 1.165) is 21.0 Å². The molecular weight excluding hydrogens is 366 g/mol. The van der Waals surface area contributed by atoms with Crippen LogP contribution < -0.4 is 5.32 Å². The normalized spacial score (nSPS) is 14.2. The number of rotatable bonds is 5. The predicted octanol–water partition coefficient (Wildman–Crippen LogP) is 3.17. The Kier molecular flexibility index (Phi) is 5.43. The van der Waals surface area contributed by atoms with Gasteiger partial charge >= 0.3 is 0 Å². The molecule has 0 spiro atoms. The van der Waals surface area contributed by atoms with Gasteiger partial charge in [0.1, 0.15) is 6.54 Å². The van der Waals surface area contributed by atoms with E-state index in [4.69, 9.17) is 11.6 Å². The monoisotopic (exact) mass is 381 g/mol. The van der Waals surface area contributed by atoms with Crippen LogP contribution in [0.3, 0.4) is 0 Å². The van der Waals surface area contributed by atoms with E-state index in [1.807, 2.05) is 25.1 Å². The molecule has 1 N–H and O–H groups in total. The van der Waals surface area contributed by atoms with Gasteiger partial charge in [-0.3, -0.25) is 9.59 Å². The molecule has 2 amide bonds. The number of thioether (sulfide) groups is 1. The summed E-state index contributed by atoms with van der Waals surface area (Å²) in [5, 5.41) is 4.06. The number of carbonyl (C=O) groups excluding carboxylic acids is 2. The number of hydrogen-bond acceptors (Lipinski definition) is 5. The Morgan fingerprint density at radius 3 is 3.04 bits per heavy atom. The molecule has 1 fully saturated rings. The molecule has 3 rings (SSSR count). The van der Waals surface area contributed by atoms with E-state index in [1.54, 1.807) is 11.1 Å². The second kappa shape index (κ2) is 7.55. The van der Waals surface area contributed by atoms with Crippen LogP contribution in [-0.2, 0) is 16.0 Å². The number of hydrogen-bond donors (Lipinski definition) is 1. The van der Waals surface area contributed by atoms with Crippen LogP contribution in [0, 0.1) is 6.92 Å². The van der Waals surface area contributed by atoms with Crippen molar-refractivity contribution >= 4 is 51.6 Å². The third-order valence-corrected chi connectivity index (χ3v) is 6.00. The van der Waals surface area contributed by atoms with Crippen LogP contribution in [0.1, 0.15) is 16.0 Å². The zero-order valence-corrected chi connectivity index (χ0v) is 15.4. The molecule has 1 aliphatic heterocycles. The Bertz CT molecular complexity index is 778. The zero-order valence-electron chi connectivity index (χ0n) is 13.0. The quantitative estimate of drug-likeness (QED) is 0.864. The van der Waals surface area contributed by atoms with Crippen molar-refractivity contribution in [3.8, 4) is 0 Å². The van der Waals surface area contributed by atoms with Crippen LogP contribution in [0.4, 0.5) is 5.13 Å². The van der Waals surface area contributed by atoms with Gasteiger partial charge in [0.05, 0.1) is 11.6 Å². The van der Waals surface area contributed by atoms with Crippen molar-refractivity contribution in [2.45, 2.75) is 13.3 Å². The van der Waals surface area contributed by atoms with E-state index in [1.165, 1.54) is 23.1 Å². The second-order valence-electron chi connectivity index (χ2n) is 5.47. The first-order valence-corrected chi connectivity index (χ1v) is 9.72. The lowest BCUT2D eigenvalue weighted by atomic mass is 10.1. The minimum Gasteiger partial charge on any atom is -0.323 e. The van der Waals surface area contributed by atoms with Gasteiger partial charge < -0.3 is 10.2 Å². The topological polar surface area (TPSA) is 62.3 Å². The molecule has 0 atom stereocenters. The maximum Gasteiger partial charge on any atom is 0.245 e. The van der Waals surface area contributed by atoms with Crippen LogP contribution >= 0.6 is 34.7 Å². The third kappa shape index (κ3) is 4.09. The first-order chi connectivity index (χ1) is 11.5. The SMILES string of the molecule is Cc1cccc(Cc2cnc(NC(=O)CN3CSCC3=O)s2)c1Cl. The summed E-state index contributed by atoms with van der Waals surface area (Å²) >= 11 is 9.25. The van der Waals surface area contributed by atoms with Gasteiger partial charge in [0, 0.05) is 22.5 Å². The summed E-state index contributed by atoms with van der Waals surface area (Å²) in [5.41, 5.74) is 2.08. The van der Waals surface area contributed by atoms with Gasteiger partial charge in [-0.1, -0.05) is 29.8 Å². The number of benzene rings is 1. The van der Waals surface area contributed by atoms with Gasteiger partial charge in [-0.25, -0.2) is 4.98 Å². The molecular formula is C16H16ClN3O2S2. The highest BCUT2D eigenvalue weighted by Crippen LogP contribution is 2.26. The van der Waals surface area contributed by atoms with E-state index >= 15 is 0 Å². The van der Waals surface area contributed by atoms with Gasteiger partial charge in [-0.2, -0.15) is 0 Å². The number of anilines is 1. The van der Waals surface area contributed by atoms with E-state index < -0.39 is 0 Å². The first-order valence-electron chi connectivity index (χ1n) is 7.37. The Balaban J connectivity index is 1.60. The minimum atomic E-state index is -0.222. The maximum atomic E-state index is 12.0. The number of aromatic nitrogens is 1. The van der Waals surface area contributed by atoms with Gasteiger partial charge in [-0.05, 0) is 18.1 Å². The molecule has 0 unspecified atom stereocenters. The second-order valence-corrected chi connectivity index (χ2v) is 7.92. The van der Waals surface area contributed by atoms with Crippen molar-refractivity contribution in [1.29, 1.82) is 0 Å². The van der Waals surface area contributed by atoms with Crippen molar-refractivity contribution < 1.29 is 9.59 Å². The number of nitrogens with one attached hydrogen (secondary N) is 1. The average Bonchev–Trinajstić information content (AvgIpc) is 3.14. The first kappa shape index (κ1) is 17.3. The van der Waals surface area contributed by atoms with Crippen molar-refractivity contribution in [3.05, 3.63) is 45.4 Å². The van der Waals surface area contributed by atoms with Gasteiger partial charge in [-0.15, -0.1) is 23.1 Å². The molecule has 1 aromatic carbocycles. The van der Waals surface area contributed by atoms with Crippen LogP contribution in [0.25, 0.3) is 0 Å². The molecule has 0 bridgehead atoms.